The monoisotopic (exact) mass is 2100 g/mol. The minimum Gasteiger partial charge on any atom is -0.481 e. The maximum atomic E-state index is 14.5. The summed E-state index contributed by atoms with van der Waals surface area (Å²) in [6.45, 7) is 20.7. The van der Waals surface area contributed by atoms with E-state index in [0.717, 1.165) is 11.8 Å². The van der Waals surface area contributed by atoms with E-state index in [9.17, 15) is 131 Å². The Morgan fingerprint density at radius 3 is 1.11 bits per heavy atom. The molecule has 818 valence electrons. The third-order valence-corrected chi connectivity index (χ3v) is 24.8. The van der Waals surface area contributed by atoms with E-state index in [-0.39, 0.29) is 107 Å². The molecular weight excluding hydrogens is 1940 g/mol. The number of carboxylic acids is 3. The fraction of sp³-hybridized carbons (Fsp3) is 0.747. The normalized spacial score (nSPS) is 16.3. The molecule has 0 aromatic carbocycles. The number of aliphatic hydroxyl groups excluding tert-OH is 1. The Bertz CT molecular complexity index is 4290. The van der Waals surface area contributed by atoms with Crippen LogP contribution in [0.2, 0.25) is 0 Å². The van der Waals surface area contributed by atoms with Gasteiger partial charge in [0.1, 0.15) is 103 Å². The summed E-state index contributed by atoms with van der Waals surface area (Å²) in [6, 6.07) is -25.7. The topological polar surface area (TPSA) is 797 Å². The Kier molecular flexibility index (Phi) is 62.5. The first-order chi connectivity index (χ1) is 67.5. The van der Waals surface area contributed by atoms with Crippen LogP contribution >= 0.6 is 36.2 Å². The van der Waals surface area contributed by atoms with Gasteiger partial charge in [0.05, 0.1) is 25.2 Å². The minimum absolute atomic E-state index is 0.00198. The van der Waals surface area contributed by atoms with Crippen LogP contribution in [0, 0.1) is 29.6 Å². The number of likely N-dealkylation sites (tertiary alicyclic amines) is 1. The van der Waals surface area contributed by atoms with Gasteiger partial charge in [-0.3, -0.25) is 110 Å². The summed E-state index contributed by atoms with van der Waals surface area (Å²) in [5, 5.41) is 84.9. The van der Waals surface area contributed by atoms with Crippen molar-refractivity contribution in [3.63, 3.8) is 0 Å². The van der Waals surface area contributed by atoms with Crippen molar-refractivity contribution < 1.29 is 131 Å². The van der Waals surface area contributed by atoms with Crippen molar-refractivity contribution in [2.45, 2.75) is 340 Å². The molecule has 0 aliphatic carbocycles. The summed E-state index contributed by atoms with van der Waals surface area (Å²) in [5.74, 6) is -24.2. The van der Waals surface area contributed by atoms with Crippen molar-refractivity contribution >= 4 is 172 Å². The molecule has 0 aromatic rings. The Hall–Kier alpha value is -11.3. The van der Waals surface area contributed by atoms with Crippen LogP contribution in [0.25, 0.3) is 0 Å². The van der Waals surface area contributed by atoms with Crippen LogP contribution in [0.5, 0.6) is 0 Å². The number of rotatable bonds is 72. The molecule has 1 aliphatic rings. The number of amides is 20. The summed E-state index contributed by atoms with van der Waals surface area (Å²) in [4.78, 5) is 314. The Labute approximate surface area is 854 Å². The third-order valence-electron chi connectivity index (χ3n) is 23.1. The molecule has 30 N–H and O–H groups in total. The number of thioether (sulfide) groups is 2. The lowest BCUT2D eigenvalue weighted by Crippen LogP contribution is -2.61. The van der Waals surface area contributed by atoms with Crippen molar-refractivity contribution in [3.8, 4) is 0 Å². The molecule has 0 radical (unpaired) electrons. The van der Waals surface area contributed by atoms with E-state index in [2.05, 4.69) is 108 Å². The lowest BCUT2D eigenvalue weighted by Gasteiger charge is -2.30. The molecule has 1 heterocycles. The lowest BCUT2D eigenvalue weighted by molar-refractivity contribution is -0.142. The molecular formula is C91H159N23O27S3. The van der Waals surface area contributed by atoms with E-state index >= 15 is 0 Å². The Morgan fingerprint density at radius 1 is 0.382 bits per heavy atom. The summed E-state index contributed by atoms with van der Waals surface area (Å²) in [6.07, 6.45) is 0.176. The number of thiol groups is 1. The maximum absolute atomic E-state index is 14.5. The maximum Gasteiger partial charge on any atom is 0.325 e. The van der Waals surface area contributed by atoms with Crippen LogP contribution in [0.3, 0.4) is 0 Å². The lowest BCUT2D eigenvalue weighted by atomic mass is 9.96. The quantitative estimate of drug-likeness (QED) is 0.0199. The van der Waals surface area contributed by atoms with Crippen LogP contribution < -0.4 is 119 Å². The highest BCUT2D eigenvalue weighted by Gasteiger charge is 2.42. The number of carbonyl (C=O) groups excluding carboxylic acids is 20. The fourth-order valence-electron chi connectivity index (χ4n) is 14.6. The molecule has 0 aromatic heterocycles. The molecule has 1 fully saturated rings. The van der Waals surface area contributed by atoms with Gasteiger partial charge >= 0.3 is 17.9 Å². The molecule has 1 rings (SSSR count). The number of hydrogen-bond acceptors (Lipinski definition) is 30. The Balaban J connectivity index is 3.35. The van der Waals surface area contributed by atoms with Gasteiger partial charge < -0.3 is 144 Å². The predicted molar refractivity (Wildman–Crippen MR) is 536 cm³/mol. The molecule has 1 aliphatic heterocycles. The van der Waals surface area contributed by atoms with Gasteiger partial charge in [-0.2, -0.15) is 36.2 Å². The molecule has 50 nitrogen and oxygen atoms in total. The molecule has 0 bridgehead atoms. The smallest absolute Gasteiger partial charge is 0.325 e. The van der Waals surface area contributed by atoms with Crippen molar-refractivity contribution in [1.29, 1.82) is 0 Å². The molecule has 53 heteroatoms. The molecule has 0 unspecified atom stereocenters. The number of nitrogens with two attached hydrogens (primary N) is 4. The average Bonchev–Trinajstić information content (AvgIpc) is 1.67. The van der Waals surface area contributed by atoms with Crippen LogP contribution in [-0.2, 0) is 110 Å². The van der Waals surface area contributed by atoms with E-state index in [1.165, 1.54) is 44.3 Å². The van der Waals surface area contributed by atoms with Crippen LogP contribution in [0.1, 0.15) is 225 Å². The number of primary amides is 1. The van der Waals surface area contributed by atoms with Crippen LogP contribution in [-0.4, -0.2) is 339 Å². The van der Waals surface area contributed by atoms with E-state index in [1.54, 1.807) is 81.7 Å². The summed E-state index contributed by atoms with van der Waals surface area (Å²) < 4.78 is 0. The van der Waals surface area contributed by atoms with Gasteiger partial charge in [0.2, 0.25) is 118 Å². The first-order valence-corrected chi connectivity index (χ1v) is 52.0. The zero-order valence-electron chi connectivity index (χ0n) is 85.4. The fourth-order valence-corrected chi connectivity index (χ4v) is 15.7. The highest BCUT2D eigenvalue weighted by Crippen LogP contribution is 2.21. The zero-order chi connectivity index (χ0) is 110. The van der Waals surface area contributed by atoms with E-state index in [0.29, 0.717) is 44.3 Å². The van der Waals surface area contributed by atoms with E-state index in [4.69, 9.17) is 22.9 Å². The second-order valence-corrected chi connectivity index (χ2v) is 39.7. The second-order valence-electron chi connectivity index (χ2n) is 37.4. The SMILES string of the molecule is CC[C@H](C)[C@H](NC(=O)[C@H](CCC(N)=O)NC(=O)[C@H](CCCCN)NC(=O)[C@@H](N)CS)C(=O)N[C@@H](CC(C)C)C(=O)N[C@@H](CCCCN)C(=O)N[C@@H](C)C(=O)N[C@@H](CC(C)C)C(=O)NCC(=O)N1CCC[C@H]1C(=O)NCC(=O)N[C@@H](C)C(=O)N[C@H](C(=O)N[C@@H](CC(C)C)C(=O)N[C@@H](CCC(=O)O)C(=O)N[C@@H](CCC(=O)O)C(=O)N[C@@H](CCSC)C(=O)N[C@@H](CCSC)C(=O)N[C@H](C(=O)N[C@@H](C)C(=O)O)C(C)C)[C@@H](C)O. The van der Waals surface area contributed by atoms with Crippen molar-refractivity contribution in [1.82, 2.24) is 101 Å². The minimum atomic E-state index is -1.88. The van der Waals surface area contributed by atoms with Gasteiger partial charge in [-0.05, 0) is 197 Å². The number of aliphatic hydroxyl groups is 1. The van der Waals surface area contributed by atoms with Crippen molar-refractivity contribution in [3.05, 3.63) is 0 Å². The summed E-state index contributed by atoms with van der Waals surface area (Å²) >= 11 is 6.62. The summed E-state index contributed by atoms with van der Waals surface area (Å²) in [5.41, 5.74) is 22.8. The molecule has 1 saturated heterocycles. The van der Waals surface area contributed by atoms with Gasteiger partial charge in [0, 0.05) is 31.6 Å². The number of carboxylic acid groups (broad SMARTS) is 3. The van der Waals surface area contributed by atoms with E-state index < -0.39 is 307 Å². The molecule has 0 saturated carbocycles. The first-order valence-electron chi connectivity index (χ1n) is 48.6. The summed E-state index contributed by atoms with van der Waals surface area (Å²) in [7, 11) is 0. The highest BCUT2D eigenvalue weighted by atomic mass is 32.2. The standard InChI is InChI=1S/C91H159N23O27S3/c1-17-49(10)72(112-83(132)57(26-29-66(95)116)103-79(128)56(24-19-21-35-93)101-76(125)54(94)44-142)89(138)109-63(40-46(4)5)85(134)102-55(23-18-20-34-92)78(127)99-51(12)74(123)108-62(39-45(2)3)77(126)97-43-68(118)114-36-22-25-65(114)87(136)96-42-67(117)98-50(11)75(124)113-73(53(14)115)90(139)110-64(41-47(6)7)86(135)105-59(28-31-70(121)122)80(129)104-58(27-30-69(119)120)81(130)106-60(32-37-143-15)82(131)107-61(33-38-144-16)84(133)111-71(48(8)9)88(137)100-52(13)91(140)141/h45-65,71-73,115,142H,17-44,92-94H2,1-16H3,(H2,95,116)(H,96,136)(H,97,126)(H,98,117)(H,99,127)(H,100,137)(H,101,125)(H,102,134)(H,103,128)(H,104,129)(H,105,135)(H,106,130)(H,107,131)(H,108,123)(H,109,138)(H,110,139)(H,111,133)(H,112,132)(H,113,124)(H,119,120)(H,121,122)(H,140,141)/t49-,50-,51-,52-,53+,54-,55-,56-,57-,58-,59-,60-,61-,62-,63-,64-,65-,71-,72-,73-/m0/s1. The zero-order valence-corrected chi connectivity index (χ0v) is 87.9. The number of nitrogens with zero attached hydrogens (tertiary/aromatic N) is 1. The van der Waals surface area contributed by atoms with Crippen molar-refractivity contribution in [2.24, 2.45) is 52.5 Å². The number of aliphatic carboxylic acids is 3. The van der Waals surface area contributed by atoms with Crippen molar-refractivity contribution in [2.75, 3.05) is 62.5 Å². The van der Waals surface area contributed by atoms with Gasteiger partial charge in [-0.25, -0.2) is 0 Å². The highest BCUT2D eigenvalue weighted by molar-refractivity contribution is 7.98. The van der Waals surface area contributed by atoms with E-state index in [1.807, 2.05) is 0 Å². The van der Waals surface area contributed by atoms with Crippen LogP contribution in [0.4, 0.5) is 0 Å². The third kappa shape index (κ3) is 50.0. The second kappa shape index (κ2) is 68.9. The molecule has 144 heavy (non-hydrogen) atoms. The number of carbonyl (C=O) groups is 23. The van der Waals surface area contributed by atoms with Gasteiger partial charge in [0.15, 0.2) is 0 Å². The number of hydrogen-bond donors (Lipinski definition) is 27. The number of unbranched alkanes of at least 4 members (excludes halogenated alkanes) is 2. The molecule has 20 amide bonds. The van der Waals surface area contributed by atoms with Gasteiger partial charge in [0.25, 0.3) is 0 Å². The molecule has 20 atom stereocenters. The van der Waals surface area contributed by atoms with Gasteiger partial charge in [-0.1, -0.05) is 75.7 Å². The van der Waals surface area contributed by atoms with Crippen LogP contribution in [0.15, 0.2) is 0 Å². The predicted octanol–water partition coefficient (Wildman–Crippen LogP) is -5.65. The number of nitrogens with one attached hydrogen (secondary N) is 18. The largest absolute Gasteiger partial charge is 0.481 e. The van der Waals surface area contributed by atoms with Gasteiger partial charge in [-0.15, -0.1) is 0 Å². The molecule has 0 spiro atoms. The first kappa shape index (κ1) is 131. The Morgan fingerprint density at radius 2 is 0.722 bits per heavy atom. The average molecular weight is 2100 g/mol.